The molecule has 4 rings (SSSR count). The molecule has 4 aliphatic rings. The first-order chi connectivity index (χ1) is 13.6. The van der Waals surface area contributed by atoms with Gasteiger partial charge in [-0.3, -0.25) is 4.55 Å². The minimum atomic E-state index is -5.99. The normalized spacial score (nSPS) is 32.2. The van der Waals surface area contributed by atoms with Crippen molar-refractivity contribution in [1.82, 2.24) is 0 Å². The summed E-state index contributed by atoms with van der Waals surface area (Å²) in [4.78, 5) is 12.0. The number of hydrogen-bond acceptors (Lipinski definition) is 8. The molecule has 12 heteroatoms. The van der Waals surface area contributed by atoms with Crippen LogP contribution in [-0.2, 0) is 38.6 Å². The van der Waals surface area contributed by atoms with Crippen molar-refractivity contribution in [3.8, 4) is 0 Å². The van der Waals surface area contributed by atoms with Crippen molar-refractivity contribution in [2.45, 2.75) is 86.5 Å². The van der Waals surface area contributed by atoms with Crippen molar-refractivity contribution in [3.05, 3.63) is 0 Å². The molecule has 2 unspecified atom stereocenters. The van der Waals surface area contributed by atoms with E-state index in [-0.39, 0.29) is 13.2 Å². The van der Waals surface area contributed by atoms with E-state index < -0.39 is 51.2 Å². The summed E-state index contributed by atoms with van der Waals surface area (Å²) in [7, 11) is -5.99. The van der Waals surface area contributed by atoms with Crippen LogP contribution in [0.5, 0.6) is 0 Å². The standard InChI is InChI=1S/C17H24F2O9S/c18-17(19,29(21,22)23)14(20)26-13(11-9-24-15(27-11)5-1-2-6-15)12-10-25-16(28-12)7-3-4-8-16/h11-13H,1-10H2,(H,21,22,23). The molecular weight excluding hydrogens is 418 g/mol. The van der Waals surface area contributed by atoms with Gasteiger partial charge in [0.25, 0.3) is 0 Å². The van der Waals surface area contributed by atoms with Gasteiger partial charge in [0.1, 0.15) is 12.2 Å². The minimum absolute atomic E-state index is 0.0255. The van der Waals surface area contributed by atoms with Crippen molar-refractivity contribution in [1.29, 1.82) is 0 Å². The maximum atomic E-state index is 13.8. The molecular formula is C17H24F2O9S. The van der Waals surface area contributed by atoms with Crippen LogP contribution in [-0.4, -0.2) is 67.3 Å². The number of carbonyl (C=O) groups is 1. The summed E-state index contributed by atoms with van der Waals surface area (Å²) in [5.74, 6) is -4.10. The number of esters is 1. The van der Waals surface area contributed by atoms with Crippen LogP contribution < -0.4 is 0 Å². The van der Waals surface area contributed by atoms with Crippen LogP contribution in [0.1, 0.15) is 51.4 Å². The Morgan fingerprint density at radius 1 is 0.966 bits per heavy atom. The molecule has 0 amide bonds. The van der Waals surface area contributed by atoms with E-state index in [9.17, 15) is 22.0 Å². The highest BCUT2D eigenvalue weighted by Crippen LogP contribution is 2.44. The molecule has 2 aliphatic carbocycles. The Labute approximate surface area is 166 Å². The molecule has 0 radical (unpaired) electrons. The molecule has 4 fully saturated rings. The van der Waals surface area contributed by atoms with Crippen LogP contribution in [0.2, 0.25) is 0 Å². The van der Waals surface area contributed by atoms with Crippen molar-refractivity contribution < 1.29 is 50.2 Å². The highest BCUT2D eigenvalue weighted by molar-refractivity contribution is 7.87. The first-order valence-corrected chi connectivity index (χ1v) is 11.2. The largest absolute Gasteiger partial charge is 0.465 e. The summed E-state index contributed by atoms with van der Waals surface area (Å²) in [6, 6.07) is 0. The molecule has 2 saturated carbocycles. The average molecular weight is 442 g/mol. The zero-order chi connectivity index (χ0) is 20.9. The lowest BCUT2D eigenvalue weighted by atomic mass is 10.1. The fraction of sp³-hybridized carbons (Fsp3) is 0.941. The topological polar surface area (TPSA) is 118 Å². The fourth-order valence-corrected chi connectivity index (χ4v) is 4.78. The smallest absolute Gasteiger partial charge is 0.451 e. The Morgan fingerprint density at radius 2 is 1.38 bits per heavy atom. The maximum Gasteiger partial charge on any atom is 0.465 e. The number of halogens is 2. The monoisotopic (exact) mass is 442 g/mol. The first kappa shape index (κ1) is 21.3. The number of ether oxygens (including phenoxy) is 5. The molecule has 0 aromatic rings. The Bertz CT molecular complexity index is 710. The van der Waals surface area contributed by atoms with Crippen molar-refractivity contribution in [3.63, 3.8) is 0 Å². The van der Waals surface area contributed by atoms with Gasteiger partial charge in [-0.15, -0.1) is 0 Å². The van der Waals surface area contributed by atoms with E-state index >= 15 is 0 Å². The van der Waals surface area contributed by atoms with E-state index in [1.54, 1.807) is 0 Å². The van der Waals surface area contributed by atoms with Crippen LogP contribution >= 0.6 is 0 Å². The van der Waals surface area contributed by atoms with Crippen LogP contribution in [0, 0.1) is 0 Å². The Morgan fingerprint density at radius 3 is 1.76 bits per heavy atom. The lowest BCUT2D eigenvalue weighted by molar-refractivity contribution is -0.213. The van der Waals surface area contributed by atoms with Gasteiger partial charge in [0.05, 0.1) is 13.2 Å². The zero-order valence-corrected chi connectivity index (χ0v) is 16.5. The lowest BCUT2D eigenvalue weighted by Gasteiger charge is -2.30. The van der Waals surface area contributed by atoms with Gasteiger partial charge in [0.15, 0.2) is 17.7 Å². The molecule has 9 nitrogen and oxygen atoms in total. The van der Waals surface area contributed by atoms with E-state index in [2.05, 4.69) is 0 Å². The minimum Gasteiger partial charge on any atom is -0.451 e. The molecule has 1 N–H and O–H groups in total. The predicted molar refractivity (Wildman–Crippen MR) is 90.4 cm³/mol. The molecule has 2 aliphatic heterocycles. The molecule has 2 spiro atoms. The second kappa shape index (κ2) is 7.34. The van der Waals surface area contributed by atoms with Crippen molar-refractivity contribution in [2.75, 3.05) is 13.2 Å². The third kappa shape index (κ3) is 3.90. The van der Waals surface area contributed by atoms with E-state index in [1.165, 1.54) is 0 Å². The summed E-state index contributed by atoms with van der Waals surface area (Å²) >= 11 is 0. The van der Waals surface area contributed by atoms with Crippen LogP contribution in [0.15, 0.2) is 0 Å². The van der Waals surface area contributed by atoms with Gasteiger partial charge in [0, 0.05) is 25.7 Å². The molecule has 166 valence electrons. The van der Waals surface area contributed by atoms with E-state index in [0.29, 0.717) is 25.7 Å². The van der Waals surface area contributed by atoms with Gasteiger partial charge in [-0.2, -0.15) is 17.2 Å². The summed E-state index contributed by atoms with van der Waals surface area (Å²) in [6.07, 6.45) is 2.76. The molecule has 2 saturated heterocycles. The van der Waals surface area contributed by atoms with Gasteiger partial charge in [0.2, 0.25) is 0 Å². The lowest BCUT2D eigenvalue weighted by Crippen LogP contribution is -2.49. The second-order valence-electron chi connectivity index (χ2n) is 8.03. The number of rotatable bonds is 5. The Balaban J connectivity index is 1.54. The predicted octanol–water partition coefficient (Wildman–Crippen LogP) is 1.75. The number of alkyl halides is 2. The highest BCUT2D eigenvalue weighted by Gasteiger charge is 2.58. The molecule has 0 aromatic heterocycles. The summed E-state index contributed by atoms with van der Waals surface area (Å²) in [6.45, 7) is -0.0511. The highest BCUT2D eigenvalue weighted by atomic mass is 32.2. The van der Waals surface area contributed by atoms with Crippen LogP contribution in [0.3, 0.4) is 0 Å². The van der Waals surface area contributed by atoms with E-state index in [0.717, 1.165) is 25.7 Å². The zero-order valence-electron chi connectivity index (χ0n) is 15.7. The molecule has 0 aromatic carbocycles. The van der Waals surface area contributed by atoms with Gasteiger partial charge in [-0.05, 0) is 25.7 Å². The molecule has 2 atom stereocenters. The van der Waals surface area contributed by atoms with Crippen LogP contribution in [0.25, 0.3) is 0 Å². The SMILES string of the molecule is O=C(OC(C1COC2(CCCC2)O1)C1COC2(CCCC2)O1)C(F)(F)S(=O)(=O)O. The summed E-state index contributed by atoms with van der Waals surface area (Å²) in [5.41, 5.74) is 0. The average Bonchev–Trinajstić information content (AvgIpc) is 3.44. The quantitative estimate of drug-likeness (QED) is 0.502. The van der Waals surface area contributed by atoms with Crippen LogP contribution in [0.4, 0.5) is 8.78 Å². The Kier molecular flexibility index (Phi) is 5.40. The van der Waals surface area contributed by atoms with Gasteiger partial charge >= 0.3 is 21.3 Å². The molecule has 2 heterocycles. The summed E-state index contributed by atoms with van der Waals surface area (Å²) < 4.78 is 86.4. The molecule has 0 bridgehead atoms. The van der Waals surface area contributed by atoms with Crippen molar-refractivity contribution in [2.24, 2.45) is 0 Å². The van der Waals surface area contributed by atoms with Gasteiger partial charge in [-0.1, -0.05) is 0 Å². The Hall–Kier alpha value is -0.920. The number of hydrogen-bond donors (Lipinski definition) is 1. The summed E-state index contributed by atoms with van der Waals surface area (Å²) in [5, 5.41) is -5.11. The first-order valence-electron chi connectivity index (χ1n) is 9.75. The third-order valence-corrected chi connectivity index (χ3v) is 6.84. The molecule has 29 heavy (non-hydrogen) atoms. The van der Waals surface area contributed by atoms with E-state index in [4.69, 9.17) is 28.2 Å². The van der Waals surface area contributed by atoms with E-state index in [1.807, 2.05) is 0 Å². The van der Waals surface area contributed by atoms with Gasteiger partial charge in [-0.25, -0.2) is 4.79 Å². The third-order valence-electron chi connectivity index (χ3n) is 6.02. The van der Waals surface area contributed by atoms with Gasteiger partial charge < -0.3 is 23.7 Å². The van der Waals surface area contributed by atoms with Crippen molar-refractivity contribution >= 4 is 16.1 Å². The second-order valence-corrected chi connectivity index (χ2v) is 9.49. The maximum absolute atomic E-state index is 13.8. The fourth-order valence-electron chi connectivity index (χ4n) is 4.52. The number of carbonyl (C=O) groups excluding carboxylic acids is 1.